The van der Waals surface area contributed by atoms with E-state index in [-0.39, 0.29) is 24.6 Å². The number of rotatable bonds is 4. The van der Waals surface area contributed by atoms with Crippen LogP contribution in [0.3, 0.4) is 0 Å². The number of benzene rings is 2. The van der Waals surface area contributed by atoms with Crippen molar-refractivity contribution >= 4 is 46.3 Å². The third kappa shape index (κ3) is 3.48. The fourth-order valence-electron chi connectivity index (χ4n) is 2.75. The molecule has 2 aliphatic rings. The fourth-order valence-corrected chi connectivity index (χ4v) is 3.77. The Morgan fingerprint density at radius 2 is 2.04 bits per heavy atom. The van der Waals surface area contributed by atoms with Crippen LogP contribution in [0.15, 0.2) is 41.3 Å². The maximum absolute atomic E-state index is 12.6. The van der Waals surface area contributed by atoms with Gasteiger partial charge in [-0.05, 0) is 60.2 Å². The number of carbonyl (C=O) groups excluding carboxylic acids is 2. The number of hydrogen-bond donors (Lipinski definition) is 1. The predicted octanol–water partition coefficient (Wildman–Crippen LogP) is 4.48. The van der Waals surface area contributed by atoms with Crippen molar-refractivity contribution < 1.29 is 19.1 Å². The Labute approximate surface area is 165 Å². The largest absolute Gasteiger partial charge is 0.454 e. The Bertz CT molecular complexity index is 976. The first-order valence-electron chi connectivity index (χ1n) is 8.17. The summed E-state index contributed by atoms with van der Waals surface area (Å²) in [5, 5.41) is 3.40. The summed E-state index contributed by atoms with van der Waals surface area (Å²) < 4.78 is 10.6. The van der Waals surface area contributed by atoms with E-state index in [0.717, 1.165) is 28.6 Å². The average molecular weight is 403 g/mol. The number of anilines is 1. The van der Waals surface area contributed by atoms with Crippen molar-refractivity contribution in [3.63, 3.8) is 0 Å². The van der Waals surface area contributed by atoms with Crippen molar-refractivity contribution in [3.05, 3.63) is 57.5 Å². The summed E-state index contributed by atoms with van der Waals surface area (Å²) in [4.78, 5) is 26.4. The van der Waals surface area contributed by atoms with Crippen LogP contribution in [0.5, 0.6) is 11.5 Å². The molecule has 2 aromatic rings. The molecule has 0 bridgehead atoms. The highest BCUT2D eigenvalue weighted by molar-refractivity contribution is 8.18. The molecule has 4 rings (SSSR count). The van der Waals surface area contributed by atoms with Gasteiger partial charge in [-0.2, -0.15) is 0 Å². The Morgan fingerprint density at radius 3 is 2.89 bits per heavy atom. The normalized spacial score (nSPS) is 17.1. The minimum absolute atomic E-state index is 0.0737. The topological polar surface area (TPSA) is 67.9 Å². The van der Waals surface area contributed by atoms with E-state index in [2.05, 4.69) is 5.32 Å². The molecule has 0 radical (unpaired) electrons. The monoisotopic (exact) mass is 402 g/mol. The third-order valence-electron chi connectivity index (χ3n) is 4.26. The van der Waals surface area contributed by atoms with E-state index in [1.807, 2.05) is 25.1 Å². The van der Waals surface area contributed by atoms with Crippen LogP contribution in [0.2, 0.25) is 5.02 Å². The highest BCUT2D eigenvalue weighted by Gasteiger charge is 2.35. The lowest BCUT2D eigenvalue weighted by Gasteiger charge is -2.16. The zero-order valence-electron chi connectivity index (χ0n) is 14.3. The molecule has 2 aliphatic heterocycles. The molecule has 0 aromatic heterocycles. The van der Waals surface area contributed by atoms with Gasteiger partial charge < -0.3 is 14.8 Å². The van der Waals surface area contributed by atoms with Gasteiger partial charge in [0.2, 0.25) is 6.79 Å². The molecular formula is C19H15ClN2O4S. The number of thioether (sulfide) groups is 1. The van der Waals surface area contributed by atoms with Crippen LogP contribution in [0.4, 0.5) is 10.5 Å². The Hall–Kier alpha value is -2.64. The molecule has 2 amide bonds. The molecule has 27 heavy (non-hydrogen) atoms. The van der Waals surface area contributed by atoms with Crippen LogP contribution in [0, 0.1) is 6.92 Å². The summed E-state index contributed by atoms with van der Waals surface area (Å²) >= 11 is 7.01. The number of amides is 2. The van der Waals surface area contributed by atoms with Crippen LogP contribution >= 0.6 is 23.4 Å². The number of fused-ring (bicyclic) bond motifs is 1. The van der Waals surface area contributed by atoms with Crippen molar-refractivity contribution in [2.45, 2.75) is 6.92 Å². The molecule has 0 aliphatic carbocycles. The smallest absolute Gasteiger partial charge is 0.295 e. The van der Waals surface area contributed by atoms with E-state index >= 15 is 0 Å². The molecular weight excluding hydrogens is 388 g/mol. The highest BCUT2D eigenvalue weighted by Crippen LogP contribution is 2.36. The molecule has 2 heterocycles. The number of hydrogen-bond acceptors (Lipinski definition) is 6. The maximum atomic E-state index is 12.6. The minimum Gasteiger partial charge on any atom is -0.454 e. The maximum Gasteiger partial charge on any atom is 0.295 e. The zero-order valence-corrected chi connectivity index (χ0v) is 15.9. The Kier molecular flexibility index (Phi) is 4.72. The first-order valence-corrected chi connectivity index (χ1v) is 9.36. The molecule has 8 heteroatoms. The first kappa shape index (κ1) is 17.8. The second-order valence-corrected chi connectivity index (χ2v) is 7.37. The molecule has 0 atom stereocenters. The summed E-state index contributed by atoms with van der Waals surface area (Å²) in [6.45, 7) is 2.13. The van der Waals surface area contributed by atoms with Crippen LogP contribution in [-0.4, -0.2) is 29.5 Å². The lowest BCUT2D eigenvalue weighted by Crippen LogP contribution is -2.33. The van der Waals surface area contributed by atoms with Gasteiger partial charge >= 0.3 is 0 Å². The average Bonchev–Trinajstić information content (AvgIpc) is 3.21. The lowest BCUT2D eigenvalue weighted by atomic mass is 10.2. The van der Waals surface area contributed by atoms with Gasteiger partial charge in [0.1, 0.15) is 0 Å². The van der Waals surface area contributed by atoms with Gasteiger partial charge in [-0.3, -0.25) is 14.5 Å². The molecule has 1 N–H and O–H groups in total. The Morgan fingerprint density at radius 1 is 1.22 bits per heavy atom. The predicted molar refractivity (Wildman–Crippen MR) is 105 cm³/mol. The third-order valence-corrected chi connectivity index (χ3v) is 5.58. The Balaban J connectivity index is 1.49. The summed E-state index contributed by atoms with van der Waals surface area (Å²) in [5.41, 5.74) is 2.41. The second-order valence-electron chi connectivity index (χ2n) is 5.97. The van der Waals surface area contributed by atoms with Crippen molar-refractivity contribution in [2.75, 3.05) is 18.8 Å². The van der Waals surface area contributed by atoms with Gasteiger partial charge in [0.15, 0.2) is 11.5 Å². The van der Waals surface area contributed by atoms with E-state index in [0.29, 0.717) is 21.4 Å². The zero-order chi connectivity index (χ0) is 19.0. The molecule has 2 aromatic carbocycles. The van der Waals surface area contributed by atoms with E-state index in [1.165, 1.54) is 4.90 Å². The number of nitrogens with one attached hydrogen (secondary N) is 1. The molecule has 0 spiro atoms. The van der Waals surface area contributed by atoms with Crippen molar-refractivity contribution in [3.8, 4) is 11.5 Å². The summed E-state index contributed by atoms with van der Waals surface area (Å²) in [6, 6.07) is 10.8. The number of halogens is 1. The number of nitrogens with zero attached hydrogens (tertiary/aromatic N) is 1. The summed E-state index contributed by atoms with van der Waals surface area (Å²) in [6.07, 6.45) is 1.68. The van der Waals surface area contributed by atoms with Crippen LogP contribution < -0.4 is 14.8 Å². The van der Waals surface area contributed by atoms with Crippen molar-refractivity contribution in [1.29, 1.82) is 0 Å². The van der Waals surface area contributed by atoms with Crippen LogP contribution in [0.25, 0.3) is 6.08 Å². The fraction of sp³-hybridized carbons (Fsp3) is 0.158. The van der Waals surface area contributed by atoms with Gasteiger partial charge in [0.25, 0.3) is 11.1 Å². The second kappa shape index (κ2) is 7.17. The molecule has 6 nitrogen and oxygen atoms in total. The van der Waals surface area contributed by atoms with Crippen molar-refractivity contribution in [1.82, 2.24) is 4.90 Å². The van der Waals surface area contributed by atoms with Gasteiger partial charge in [-0.1, -0.05) is 23.7 Å². The molecule has 138 valence electrons. The van der Waals surface area contributed by atoms with Crippen LogP contribution in [0.1, 0.15) is 11.1 Å². The number of imide groups is 1. The van der Waals surface area contributed by atoms with Gasteiger partial charge in [0, 0.05) is 10.7 Å². The first-order chi connectivity index (χ1) is 13.0. The standard InChI is InChI=1S/C19H15ClN2O4S/c1-11-13(20)3-2-4-14(11)21-9-22-18(23)17(27-19(22)24)8-12-5-6-15-16(7-12)26-10-25-15/h2-8,21H,9-10H2,1H3/b17-8+. The lowest BCUT2D eigenvalue weighted by molar-refractivity contribution is -0.122. The number of ether oxygens (including phenoxy) is 2. The quantitative estimate of drug-likeness (QED) is 0.760. The summed E-state index contributed by atoms with van der Waals surface area (Å²) in [5.74, 6) is 0.956. The van der Waals surface area contributed by atoms with Gasteiger partial charge in [-0.15, -0.1) is 0 Å². The summed E-state index contributed by atoms with van der Waals surface area (Å²) in [7, 11) is 0. The van der Waals surface area contributed by atoms with Crippen molar-refractivity contribution in [2.24, 2.45) is 0 Å². The van der Waals surface area contributed by atoms with E-state index in [9.17, 15) is 9.59 Å². The van der Waals surface area contributed by atoms with E-state index in [1.54, 1.807) is 24.3 Å². The minimum atomic E-state index is -0.338. The molecule has 0 unspecified atom stereocenters. The molecule has 1 fully saturated rings. The number of carbonyl (C=O) groups is 2. The molecule has 0 saturated carbocycles. The van der Waals surface area contributed by atoms with Gasteiger partial charge in [0.05, 0.1) is 11.6 Å². The van der Waals surface area contributed by atoms with Crippen LogP contribution in [-0.2, 0) is 4.79 Å². The SMILES string of the molecule is Cc1c(Cl)cccc1NCN1C(=O)S/C(=C/c2ccc3c(c2)OCO3)C1=O. The molecule has 1 saturated heterocycles. The van der Waals surface area contributed by atoms with Gasteiger partial charge in [-0.25, -0.2) is 0 Å². The van der Waals surface area contributed by atoms with E-state index in [4.69, 9.17) is 21.1 Å². The van der Waals surface area contributed by atoms with E-state index < -0.39 is 0 Å². The highest BCUT2D eigenvalue weighted by atomic mass is 35.5.